The summed E-state index contributed by atoms with van der Waals surface area (Å²) in [5, 5.41) is 0.336. The van der Waals surface area contributed by atoms with E-state index < -0.39 is 0 Å². The molecule has 2 nitrogen and oxygen atoms in total. The maximum atomic E-state index is 6.02. The fourth-order valence-corrected chi connectivity index (χ4v) is 2.90. The van der Waals surface area contributed by atoms with Crippen LogP contribution in [0.2, 0.25) is 0 Å². The molecule has 0 aliphatic carbocycles. The zero-order valence-corrected chi connectivity index (χ0v) is 12.1. The van der Waals surface area contributed by atoms with Crippen molar-refractivity contribution in [1.82, 2.24) is 0 Å². The molecule has 0 aromatic heterocycles. The normalized spacial score (nSPS) is 14.8. The molecule has 2 atom stereocenters. The van der Waals surface area contributed by atoms with Crippen LogP contribution in [0.4, 0.5) is 0 Å². The molecule has 0 aliphatic heterocycles. The molecule has 1 aromatic carbocycles. The second-order valence-corrected chi connectivity index (χ2v) is 5.86. The molecule has 1 aromatic rings. The molecule has 16 heavy (non-hydrogen) atoms. The molecule has 0 heterocycles. The van der Waals surface area contributed by atoms with Gasteiger partial charge >= 0.3 is 0 Å². The van der Waals surface area contributed by atoms with Gasteiger partial charge in [-0.15, -0.1) is 11.8 Å². The van der Waals surface area contributed by atoms with Crippen LogP contribution < -0.4 is 5.73 Å². The minimum absolute atomic E-state index is 0.142. The van der Waals surface area contributed by atoms with Crippen LogP contribution in [0.25, 0.3) is 0 Å². The molecular formula is C12H18BrNOS. The van der Waals surface area contributed by atoms with Crippen LogP contribution in [0.5, 0.6) is 0 Å². The van der Waals surface area contributed by atoms with Crippen LogP contribution in [-0.2, 0) is 4.74 Å². The molecule has 0 aliphatic rings. The average molecular weight is 304 g/mol. The number of hydrogen-bond acceptors (Lipinski definition) is 3. The molecule has 0 saturated heterocycles. The molecular weight excluding hydrogens is 286 g/mol. The van der Waals surface area contributed by atoms with Gasteiger partial charge in [-0.25, -0.2) is 0 Å². The van der Waals surface area contributed by atoms with Gasteiger partial charge in [-0.05, 0) is 24.6 Å². The van der Waals surface area contributed by atoms with Gasteiger partial charge in [-0.3, -0.25) is 0 Å². The van der Waals surface area contributed by atoms with Crippen molar-refractivity contribution in [3.8, 4) is 0 Å². The predicted octanol–water partition coefficient (Wildman–Crippen LogP) is 3.22. The zero-order chi connectivity index (χ0) is 12.0. The molecule has 0 fully saturated rings. The van der Waals surface area contributed by atoms with Crippen LogP contribution in [0.3, 0.4) is 0 Å². The zero-order valence-electron chi connectivity index (χ0n) is 9.65. The van der Waals surface area contributed by atoms with Crippen LogP contribution in [-0.4, -0.2) is 25.5 Å². The van der Waals surface area contributed by atoms with Crippen molar-refractivity contribution in [2.45, 2.75) is 18.2 Å². The van der Waals surface area contributed by atoms with E-state index in [9.17, 15) is 0 Å². The minimum atomic E-state index is 0.142. The molecule has 4 heteroatoms. The Morgan fingerprint density at radius 2 is 2.00 bits per heavy atom. The Hall–Kier alpha value is -0.0300. The molecule has 2 unspecified atom stereocenters. The van der Waals surface area contributed by atoms with Crippen molar-refractivity contribution in [3.63, 3.8) is 0 Å². The number of benzene rings is 1. The Kier molecular flexibility index (Phi) is 6.43. The molecule has 0 saturated carbocycles. The number of methoxy groups -OCH3 is 1. The van der Waals surface area contributed by atoms with E-state index in [2.05, 4.69) is 40.2 Å². The number of ether oxygens (including phenoxy) is 1. The van der Waals surface area contributed by atoms with Crippen molar-refractivity contribution >= 4 is 27.7 Å². The van der Waals surface area contributed by atoms with E-state index in [1.807, 2.05) is 18.7 Å². The number of hydrogen-bond donors (Lipinski definition) is 1. The smallest absolute Gasteiger partial charge is 0.0553 e. The molecule has 2 N–H and O–H groups in total. The SMILES string of the molecule is COCCSC(c1ccc(Br)cc1)C(C)N. The van der Waals surface area contributed by atoms with Crippen molar-refractivity contribution < 1.29 is 4.74 Å². The average Bonchev–Trinajstić information content (AvgIpc) is 2.26. The molecule has 0 radical (unpaired) electrons. The lowest BCUT2D eigenvalue weighted by Crippen LogP contribution is -2.23. The second-order valence-electron chi connectivity index (χ2n) is 3.69. The van der Waals surface area contributed by atoms with Crippen LogP contribution >= 0.6 is 27.7 Å². The first-order valence-corrected chi connectivity index (χ1v) is 7.11. The highest BCUT2D eigenvalue weighted by Crippen LogP contribution is 2.31. The fourth-order valence-electron chi connectivity index (χ4n) is 1.46. The quantitative estimate of drug-likeness (QED) is 0.820. The second kappa shape index (κ2) is 7.33. The monoisotopic (exact) mass is 303 g/mol. The fraction of sp³-hybridized carbons (Fsp3) is 0.500. The summed E-state index contributed by atoms with van der Waals surface area (Å²) in [7, 11) is 1.72. The molecule has 0 bridgehead atoms. The van der Waals surface area contributed by atoms with Gasteiger partial charge in [-0.1, -0.05) is 28.1 Å². The number of nitrogens with two attached hydrogens (primary N) is 1. The van der Waals surface area contributed by atoms with Crippen molar-refractivity contribution in [3.05, 3.63) is 34.3 Å². The molecule has 90 valence electrons. The van der Waals surface area contributed by atoms with Gasteiger partial charge in [-0.2, -0.15) is 0 Å². The van der Waals surface area contributed by atoms with Crippen LogP contribution in [0.15, 0.2) is 28.7 Å². The van der Waals surface area contributed by atoms with Crippen molar-refractivity contribution in [1.29, 1.82) is 0 Å². The lowest BCUT2D eigenvalue weighted by Gasteiger charge is -2.20. The third kappa shape index (κ3) is 4.45. The summed E-state index contributed by atoms with van der Waals surface area (Å²) < 4.78 is 6.16. The maximum Gasteiger partial charge on any atom is 0.0553 e. The number of thioether (sulfide) groups is 1. The van der Waals surface area contributed by atoms with E-state index in [4.69, 9.17) is 10.5 Å². The Morgan fingerprint density at radius 1 is 1.38 bits per heavy atom. The summed E-state index contributed by atoms with van der Waals surface area (Å²) in [6, 6.07) is 8.50. The van der Waals surface area contributed by atoms with E-state index in [1.165, 1.54) is 5.56 Å². The summed E-state index contributed by atoms with van der Waals surface area (Å²) >= 11 is 5.29. The van der Waals surface area contributed by atoms with Gasteiger partial charge in [0.1, 0.15) is 0 Å². The van der Waals surface area contributed by atoms with Crippen molar-refractivity contribution in [2.24, 2.45) is 5.73 Å². The summed E-state index contributed by atoms with van der Waals surface area (Å²) in [6.45, 7) is 2.82. The topological polar surface area (TPSA) is 35.2 Å². The standard InChI is InChI=1S/C12H18BrNOS/c1-9(14)12(16-8-7-15-2)10-3-5-11(13)6-4-10/h3-6,9,12H,7-8,14H2,1-2H3. The first kappa shape index (κ1) is 14.0. The summed E-state index contributed by atoms with van der Waals surface area (Å²) in [6.07, 6.45) is 0. The lowest BCUT2D eigenvalue weighted by atomic mass is 10.1. The summed E-state index contributed by atoms with van der Waals surface area (Å²) in [5.74, 6) is 0.971. The maximum absolute atomic E-state index is 6.02. The predicted molar refractivity (Wildman–Crippen MR) is 74.9 cm³/mol. The van der Waals surface area contributed by atoms with E-state index in [0.717, 1.165) is 16.8 Å². The Labute approximate surface area is 110 Å². The highest BCUT2D eigenvalue weighted by molar-refractivity contribution is 9.10. The number of halogens is 1. The Bertz CT molecular complexity index is 302. The largest absolute Gasteiger partial charge is 0.384 e. The Balaban J connectivity index is 2.65. The van der Waals surface area contributed by atoms with E-state index >= 15 is 0 Å². The van der Waals surface area contributed by atoms with Gasteiger partial charge in [0.2, 0.25) is 0 Å². The summed E-state index contributed by atoms with van der Waals surface area (Å²) in [4.78, 5) is 0. The summed E-state index contributed by atoms with van der Waals surface area (Å²) in [5.41, 5.74) is 7.29. The third-order valence-electron chi connectivity index (χ3n) is 2.26. The Morgan fingerprint density at radius 3 is 2.50 bits per heavy atom. The van der Waals surface area contributed by atoms with Gasteiger partial charge in [0.15, 0.2) is 0 Å². The minimum Gasteiger partial charge on any atom is -0.384 e. The molecule has 1 rings (SSSR count). The first-order chi connectivity index (χ1) is 7.65. The van der Waals surface area contributed by atoms with Gasteiger partial charge in [0, 0.05) is 28.6 Å². The third-order valence-corrected chi connectivity index (χ3v) is 4.25. The van der Waals surface area contributed by atoms with Crippen LogP contribution in [0, 0.1) is 0 Å². The van der Waals surface area contributed by atoms with E-state index in [0.29, 0.717) is 5.25 Å². The number of rotatable bonds is 6. The molecule has 0 spiro atoms. The first-order valence-electron chi connectivity index (χ1n) is 5.26. The van der Waals surface area contributed by atoms with Gasteiger partial charge < -0.3 is 10.5 Å². The molecule has 0 amide bonds. The van der Waals surface area contributed by atoms with E-state index in [-0.39, 0.29) is 6.04 Å². The van der Waals surface area contributed by atoms with Crippen LogP contribution in [0.1, 0.15) is 17.7 Å². The van der Waals surface area contributed by atoms with E-state index in [1.54, 1.807) is 7.11 Å². The van der Waals surface area contributed by atoms with Gasteiger partial charge in [0.05, 0.1) is 6.61 Å². The van der Waals surface area contributed by atoms with Gasteiger partial charge in [0.25, 0.3) is 0 Å². The van der Waals surface area contributed by atoms with Crippen molar-refractivity contribution in [2.75, 3.05) is 19.5 Å². The highest BCUT2D eigenvalue weighted by atomic mass is 79.9. The highest BCUT2D eigenvalue weighted by Gasteiger charge is 2.16. The lowest BCUT2D eigenvalue weighted by molar-refractivity contribution is 0.218.